The molecule has 0 fully saturated rings. The molecule has 0 N–H and O–H groups in total. The van der Waals surface area contributed by atoms with E-state index in [4.69, 9.17) is 11.6 Å². The van der Waals surface area contributed by atoms with Crippen LogP contribution in [-0.2, 0) is 0 Å². The zero-order valence-electron chi connectivity index (χ0n) is 9.18. The van der Waals surface area contributed by atoms with Gasteiger partial charge in [0.2, 0.25) is 5.15 Å². The van der Waals surface area contributed by atoms with Crippen LogP contribution < -0.4 is 0 Å². The van der Waals surface area contributed by atoms with Crippen LogP contribution in [0.25, 0.3) is 0 Å². The molecule has 5 nitrogen and oxygen atoms in total. The molecule has 0 aliphatic heterocycles. The van der Waals surface area contributed by atoms with Crippen molar-refractivity contribution in [3.8, 4) is 0 Å². The third kappa shape index (κ3) is 3.05. The molecule has 1 unspecified atom stereocenters. The van der Waals surface area contributed by atoms with Gasteiger partial charge in [0.15, 0.2) is 5.03 Å². The Kier molecular flexibility index (Phi) is 4.49. The number of hydrogen-bond donors (Lipinski definition) is 0. The Morgan fingerprint density at radius 2 is 2.06 bits per heavy atom. The third-order valence-electron chi connectivity index (χ3n) is 2.16. The lowest BCUT2D eigenvalue weighted by molar-refractivity contribution is -0.388. The number of thioether (sulfide) groups is 1. The van der Waals surface area contributed by atoms with Gasteiger partial charge in [0.25, 0.3) is 0 Å². The highest BCUT2D eigenvalue weighted by Crippen LogP contribution is 2.35. The number of hydrogen-bond acceptors (Lipinski definition) is 5. The molecule has 0 spiro atoms. The largest absolute Gasteiger partial charge is 0.338 e. The van der Waals surface area contributed by atoms with E-state index in [1.165, 1.54) is 18.1 Å². The molecule has 0 saturated carbocycles. The van der Waals surface area contributed by atoms with Crippen molar-refractivity contribution in [2.45, 2.75) is 31.0 Å². The van der Waals surface area contributed by atoms with Gasteiger partial charge in [-0.15, -0.1) is 0 Å². The van der Waals surface area contributed by atoms with Crippen molar-refractivity contribution < 1.29 is 4.92 Å². The van der Waals surface area contributed by atoms with Crippen molar-refractivity contribution >= 4 is 29.1 Å². The molecule has 0 radical (unpaired) electrons. The van der Waals surface area contributed by atoms with Crippen LogP contribution in [-0.4, -0.2) is 20.1 Å². The van der Waals surface area contributed by atoms with Gasteiger partial charge in [0.1, 0.15) is 6.33 Å². The summed E-state index contributed by atoms with van der Waals surface area (Å²) in [6, 6.07) is 0. The van der Waals surface area contributed by atoms with E-state index >= 15 is 0 Å². The van der Waals surface area contributed by atoms with Crippen molar-refractivity contribution in [3.05, 3.63) is 21.6 Å². The molecule has 1 aromatic heterocycles. The van der Waals surface area contributed by atoms with Gasteiger partial charge >= 0.3 is 5.69 Å². The topological polar surface area (TPSA) is 68.9 Å². The number of nitro groups is 1. The minimum atomic E-state index is -0.544. The zero-order chi connectivity index (χ0) is 12.3. The highest BCUT2D eigenvalue weighted by Gasteiger charge is 2.24. The first kappa shape index (κ1) is 13.2. The SMILES string of the molecule is CC(C)C(C)Sc1ncnc(Cl)c1[N+](=O)[O-]. The van der Waals surface area contributed by atoms with Crippen molar-refractivity contribution in [1.82, 2.24) is 9.97 Å². The van der Waals surface area contributed by atoms with Gasteiger partial charge in [-0.1, -0.05) is 44.1 Å². The Morgan fingerprint density at radius 3 is 2.56 bits per heavy atom. The maximum absolute atomic E-state index is 10.8. The second kappa shape index (κ2) is 5.45. The van der Waals surface area contributed by atoms with Gasteiger partial charge < -0.3 is 0 Å². The Labute approximate surface area is 103 Å². The standard InChI is InChI=1S/C9H12ClN3O2S/c1-5(2)6(3)16-9-7(13(14)15)8(10)11-4-12-9/h4-6H,1-3H3. The van der Waals surface area contributed by atoms with Gasteiger partial charge in [-0.05, 0) is 5.92 Å². The second-order valence-corrected chi connectivity index (χ2v) is 5.37. The summed E-state index contributed by atoms with van der Waals surface area (Å²) in [6.45, 7) is 6.09. The Morgan fingerprint density at radius 1 is 1.44 bits per heavy atom. The first-order valence-corrected chi connectivity index (χ1v) is 6.00. The molecule has 0 aliphatic carbocycles. The first-order valence-electron chi connectivity index (χ1n) is 4.75. The second-order valence-electron chi connectivity index (χ2n) is 3.64. The molecule has 1 aromatic rings. The number of halogens is 1. The highest BCUT2D eigenvalue weighted by atomic mass is 35.5. The summed E-state index contributed by atoms with van der Waals surface area (Å²) in [6.07, 6.45) is 1.24. The summed E-state index contributed by atoms with van der Waals surface area (Å²) in [5, 5.41) is 11.3. The maximum atomic E-state index is 10.8. The maximum Gasteiger partial charge on any atom is 0.338 e. The predicted octanol–water partition coefficient (Wildman–Crippen LogP) is 3.17. The van der Waals surface area contributed by atoms with E-state index in [1.807, 2.05) is 20.8 Å². The van der Waals surface area contributed by atoms with E-state index in [0.29, 0.717) is 10.9 Å². The first-order chi connectivity index (χ1) is 7.43. The minimum Gasteiger partial charge on any atom is -0.258 e. The van der Waals surface area contributed by atoms with Crippen molar-refractivity contribution in [2.24, 2.45) is 5.92 Å². The molecule has 0 amide bonds. The van der Waals surface area contributed by atoms with Gasteiger partial charge in [-0.25, -0.2) is 9.97 Å². The fraction of sp³-hybridized carbons (Fsp3) is 0.556. The normalized spacial score (nSPS) is 12.8. The molecule has 1 atom stereocenters. The molecule has 1 rings (SSSR count). The van der Waals surface area contributed by atoms with Crippen LogP contribution in [0.3, 0.4) is 0 Å². The predicted molar refractivity (Wildman–Crippen MR) is 63.9 cm³/mol. The molecular formula is C9H12ClN3O2S. The third-order valence-corrected chi connectivity index (χ3v) is 3.88. The summed E-state index contributed by atoms with van der Waals surface area (Å²) in [7, 11) is 0. The van der Waals surface area contributed by atoms with Gasteiger partial charge in [0.05, 0.1) is 4.92 Å². The lowest BCUT2D eigenvalue weighted by Crippen LogP contribution is -2.07. The lowest BCUT2D eigenvalue weighted by atomic mass is 10.2. The minimum absolute atomic E-state index is 0.113. The van der Waals surface area contributed by atoms with Crippen LogP contribution in [0.2, 0.25) is 5.15 Å². The lowest BCUT2D eigenvalue weighted by Gasteiger charge is -2.13. The Hall–Kier alpha value is -0.880. The number of nitrogens with zero attached hydrogens (tertiary/aromatic N) is 3. The average molecular weight is 262 g/mol. The molecule has 0 aromatic carbocycles. The molecule has 16 heavy (non-hydrogen) atoms. The number of aromatic nitrogens is 2. The molecule has 1 heterocycles. The van der Waals surface area contributed by atoms with E-state index in [2.05, 4.69) is 9.97 Å². The Bertz CT molecular complexity index is 400. The van der Waals surface area contributed by atoms with Crippen molar-refractivity contribution in [1.29, 1.82) is 0 Å². The average Bonchev–Trinajstić information content (AvgIpc) is 2.16. The molecule has 7 heteroatoms. The zero-order valence-corrected chi connectivity index (χ0v) is 10.7. The molecule has 0 aliphatic rings. The summed E-state index contributed by atoms with van der Waals surface area (Å²) in [4.78, 5) is 17.8. The van der Waals surface area contributed by atoms with E-state index in [9.17, 15) is 10.1 Å². The summed E-state index contributed by atoms with van der Waals surface area (Å²) < 4.78 is 0. The summed E-state index contributed by atoms with van der Waals surface area (Å²) >= 11 is 7.02. The van der Waals surface area contributed by atoms with Crippen LogP contribution >= 0.6 is 23.4 Å². The van der Waals surface area contributed by atoms with Gasteiger partial charge in [-0.3, -0.25) is 10.1 Å². The number of rotatable bonds is 4. The van der Waals surface area contributed by atoms with E-state index in [1.54, 1.807) is 0 Å². The summed E-state index contributed by atoms with van der Waals surface area (Å²) in [5.74, 6) is 0.401. The van der Waals surface area contributed by atoms with Crippen LogP contribution in [0.15, 0.2) is 11.4 Å². The summed E-state index contributed by atoms with van der Waals surface area (Å²) in [5.41, 5.74) is -0.207. The van der Waals surface area contributed by atoms with Crippen LogP contribution in [0.1, 0.15) is 20.8 Å². The molecule has 88 valence electrons. The fourth-order valence-corrected chi connectivity index (χ4v) is 2.17. The quantitative estimate of drug-likeness (QED) is 0.360. The van der Waals surface area contributed by atoms with Gasteiger partial charge in [-0.2, -0.15) is 0 Å². The molecule has 0 bridgehead atoms. The van der Waals surface area contributed by atoms with Crippen molar-refractivity contribution in [2.75, 3.05) is 0 Å². The van der Waals surface area contributed by atoms with E-state index < -0.39 is 4.92 Å². The van der Waals surface area contributed by atoms with Crippen LogP contribution in [0, 0.1) is 16.0 Å². The highest BCUT2D eigenvalue weighted by molar-refractivity contribution is 8.00. The van der Waals surface area contributed by atoms with Gasteiger partial charge in [0, 0.05) is 5.25 Å². The fourth-order valence-electron chi connectivity index (χ4n) is 0.894. The van der Waals surface area contributed by atoms with Crippen molar-refractivity contribution in [3.63, 3.8) is 0 Å². The molecular weight excluding hydrogens is 250 g/mol. The monoisotopic (exact) mass is 261 g/mol. The van der Waals surface area contributed by atoms with Crippen LogP contribution in [0.4, 0.5) is 5.69 Å². The molecule has 0 saturated heterocycles. The van der Waals surface area contributed by atoms with Crippen LogP contribution in [0.5, 0.6) is 0 Å². The van der Waals surface area contributed by atoms with E-state index in [-0.39, 0.29) is 16.1 Å². The smallest absolute Gasteiger partial charge is 0.258 e. The van der Waals surface area contributed by atoms with E-state index in [0.717, 1.165) is 0 Å². The Balaban J connectivity index is 3.04.